The van der Waals surface area contributed by atoms with Gasteiger partial charge < -0.3 is 20.6 Å². The highest BCUT2D eigenvalue weighted by Crippen LogP contribution is 2.17. The molecule has 0 amide bonds. The molecule has 0 spiro atoms. The predicted molar refractivity (Wildman–Crippen MR) is 63.7 cm³/mol. The van der Waals surface area contributed by atoms with E-state index in [1.54, 1.807) is 7.11 Å². The van der Waals surface area contributed by atoms with Gasteiger partial charge in [-0.15, -0.1) is 0 Å². The normalized spacial score (nSPS) is 20.2. The first kappa shape index (κ1) is 13.3. The molecule has 0 radical (unpaired) electrons. The molecule has 5 nitrogen and oxygen atoms in total. The first-order valence-electron chi connectivity index (χ1n) is 5.96. The van der Waals surface area contributed by atoms with E-state index >= 15 is 0 Å². The summed E-state index contributed by atoms with van der Waals surface area (Å²) in [7, 11) is 1.74. The summed E-state index contributed by atoms with van der Waals surface area (Å²) >= 11 is 0. The van der Waals surface area contributed by atoms with Crippen LogP contribution in [-0.2, 0) is 4.74 Å². The molecule has 1 aliphatic rings. The Bertz CT molecular complexity index is 213. The van der Waals surface area contributed by atoms with Crippen LogP contribution in [-0.4, -0.2) is 49.3 Å². The van der Waals surface area contributed by atoms with Gasteiger partial charge in [0.2, 0.25) is 0 Å². The molecule has 0 aliphatic carbocycles. The number of likely N-dealkylation sites (tertiary alicyclic amines) is 1. The second-order valence-corrected chi connectivity index (χ2v) is 4.34. The van der Waals surface area contributed by atoms with Gasteiger partial charge in [-0.05, 0) is 45.3 Å². The number of ether oxygens (including phenoxy) is 1. The molecule has 1 saturated heterocycles. The fourth-order valence-electron chi connectivity index (χ4n) is 2.12. The van der Waals surface area contributed by atoms with Crippen molar-refractivity contribution in [3.8, 4) is 0 Å². The number of hydrogen-bond acceptors (Lipinski definition) is 4. The maximum absolute atomic E-state index is 8.59. The third kappa shape index (κ3) is 4.37. The summed E-state index contributed by atoms with van der Waals surface area (Å²) in [6, 6.07) is 0. The zero-order chi connectivity index (χ0) is 11.8. The number of unbranched alkanes of at least 4 members (excludes halogenated alkanes) is 1. The van der Waals surface area contributed by atoms with Crippen molar-refractivity contribution in [3.05, 3.63) is 0 Å². The van der Waals surface area contributed by atoms with Crippen LogP contribution in [0.4, 0.5) is 0 Å². The average molecular weight is 229 g/mol. The largest absolute Gasteiger partial charge is 0.409 e. The molecule has 0 unspecified atom stereocenters. The van der Waals surface area contributed by atoms with Gasteiger partial charge in [-0.1, -0.05) is 5.16 Å². The Morgan fingerprint density at radius 3 is 2.69 bits per heavy atom. The highest BCUT2D eigenvalue weighted by molar-refractivity contribution is 5.82. The molecule has 0 saturated carbocycles. The van der Waals surface area contributed by atoms with E-state index in [0.29, 0.717) is 5.84 Å². The molecule has 0 aromatic rings. The molecule has 0 atom stereocenters. The maximum Gasteiger partial charge on any atom is 0.142 e. The van der Waals surface area contributed by atoms with E-state index in [2.05, 4.69) is 10.1 Å². The third-order valence-electron chi connectivity index (χ3n) is 3.19. The first-order valence-corrected chi connectivity index (χ1v) is 5.96. The standard InChI is InChI=1S/C11H23N3O2/c1-16-9-3-2-6-14-7-4-10(5-8-14)11(12)13-15/h10,15H,2-9H2,1H3,(H2,12,13). The first-order chi connectivity index (χ1) is 7.77. The van der Waals surface area contributed by atoms with Gasteiger partial charge in [-0.25, -0.2) is 0 Å². The highest BCUT2D eigenvalue weighted by atomic mass is 16.5. The van der Waals surface area contributed by atoms with Crippen LogP contribution < -0.4 is 5.73 Å². The second kappa shape index (κ2) is 7.46. The zero-order valence-corrected chi connectivity index (χ0v) is 10.1. The fraction of sp³-hybridized carbons (Fsp3) is 0.909. The molecule has 3 N–H and O–H groups in total. The molecular weight excluding hydrogens is 206 g/mol. The monoisotopic (exact) mass is 229 g/mol. The van der Waals surface area contributed by atoms with Gasteiger partial charge in [0.1, 0.15) is 5.84 Å². The van der Waals surface area contributed by atoms with Crippen molar-refractivity contribution in [2.24, 2.45) is 16.8 Å². The van der Waals surface area contributed by atoms with Gasteiger partial charge in [0.05, 0.1) is 0 Å². The van der Waals surface area contributed by atoms with E-state index in [0.717, 1.165) is 45.5 Å². The van der Waals surface area contributed by atoms with E-state index in [1.807, 2.05) is 0 Å². The van der Waals surface area contributed by atoms with Crippen LogP contribution in [0.3, 0.4) is 0 Å². The quantitative estimate of drug-likeness (QED) is 0.233. The Kier molecular flexibility index (Phi) is 6.18. The Labute approximate surface area is 97.2 Å². The Hall–Kier alpha value is -0.810. The molecule has 0 bridgehead atoms. The van der Waals surface area contributed by atoms with Gasteiger partial charge >= 0.3 is 0 Å². The number of nitrogens with two attached hydrogens (primary N) is 1. The summed E-state index contributed by atoms with van der Waals surface area (Å²) < 4.78 is 5.02. The van der Waals surface area contributed by atoms with Crippen molar-refractivity contribution in [1.82, 2.24) is 4.90 Å². The number of piperidine rings is 1. The lowest BCUT2D eigenvalue weighted by molar-refractivity contribution is 0.171. The van der Waals surface area contributed by atoms with Crippen molar-refractivity contribution in [3.63, 3.8) is 0 Å². The molecule has 0 aromatic heterocycles. The van der Waals surface area contributed by atoms with Crippen LogP contribution in [0.2, 0.25) is 0 Å². The van der Waals surface area contributed by atoms with Crippen molar-refractivity contribution >= 4 is 5.84 Å². The maximum atomic E-state index is 8.59. The van der Waals surface area contributed by atoms with E-state index in [9.17, 15) is 0 Å². The highest BCUT2D eigenvalue weighted by Gasteiger charge is 2.21. The summed E-state index contributed by atoms with van der Waals surface area (Å²) in [4.78, 5) is 2.44. The van der Waals surface area contributed by atoms with Crippen LogP contribution in [0.15, 0.2) is 5.16 Å². The minimum Gasteiger partial charge on any atom is -0.409 e. The summed E-state index contributed by atoms with van der Waals surface area (Å²) in [5.41, 5.74) is 5.60. The van der Waals surface area contributed by atoms with Crippen LogP contribution in [0.1, 0.15) is 25.7 Å². The lowest BCUT2D eigenvalue weighted by atomic mass is 9.96. The van der Waals surface area contributed by atoms with Gasteiger partial charge in [0.15, 0.2) is 0 Å². The summed E-state index contributed by atoms with van der Waals surface area (Å²) in [6.45, 7) is 4.08. The summed E-state index contributed by atoms with van der Waals surface area (Å²) in [6.07, 6.45) is 4.30. The minimum absolute atomic E-state index is 0.264. The Morgan fingerprint density at radius 1 is 1.44 bits per heavy atom. The molecule has 94 valence electrons. The van der Waals surface area contributed by atoms with Gasteiger partial charge in [0, 0.05) is 19.6 Å². The van der Waals surface area contributed by atoms with Gasteiger partial charge in [0.25, 0.3) is 0 Å². The second-order valence-electron chi connectivity index (χ2n) is 4.34. The van der Waals surface area contributed by atoms with Gasteiger partial charge in [-0.2, -0.15) is 0 Å². The molecule has 5 heteroatoms. The molecule has 1 rings (SSSR count). The van der Waals surface area contributed by atoms with Crippen LogP contribution in [0.25, 0.3) is 0 Å². The number of hydrogen-bond donors (Lipinski definition) is 2. The molecule has 1 aliphatic heterocycles. The minimum atomic E-state index is 0.264. The third-order valence-corrected chi connectivity index (χ3v) is 3.19. The number of rotatable bonds is 6. The van der Waals surface area contributed by atoms with Crippen LogP contribution in [0.5, 0.6) is 0 Å². The molecule has 1 heterocycles. The van der Waals surface area contributed by atoms with Crippen molar-refractivity contribution in [2.45, 2.75) is 25.7 Å². The SMILES string of the molecule is COCCCCN1CCC(C(N)=NO)CC1. The Balaban J connectivity index is 2.12. The lowest BCUT2D eigenvalue weighted by Crippen LogP contribution is -2.39. The number of oxime groups is 1. The molecule has 16 heavy (non-hydrogen) atoms. The smallest absolute Gasteiger partial charge is 0.142 e. The van der Waals surface area contributed by atoms with E-state index < -0.39 is 0 Å². The number of nitrogens with zero attached hydrogens (tertiary/aromatic N) is 2. The van der Waals surface area contributed by atoms with Crippen molar-refractivity contribution in [1.29, 1.82) is 0 Å². The molecule has 0 aromatic carbocycles. The number of methoxy groups -OCH3 is 1. The number of amidine groups is 1. The van der Waals surface area contributed by atoms with E-state index in [4.69, 9.17) is 15.7 Å². The fourth-order valence-corrected chi connectivity index (χ4v) is 2.12. The van der Waals surface area contributed by atoms with Crippen molar-refractivity contribution < 1.29 is 9.94 Å². The van der Waals surface area contributed by atoms with Crippen LogP contribution >= 0.6 is 0 Å². The molecular formula is C11H23N3O2. The lowest BCUT2D eigenvalue weighted by Gasteiger charge is -2.31. The van der Waals surface area contributed by atoms with E-state index in [1.165, 1.54) is 6.42 Å². The average Bonchev–Trinajstić information content (AvgIpc) is 2.34. The summed E-state index contributed by atoms with van der Waals surface area (Å²) in [5.74, 6) is 0.652. The zero-order valence-electron chi connectivity index (χ0n) is 10.1. The predicted octanol–water partition coefficient (Wildman–Crippen LogP) is 0.871. The summed E-state index contributed by atoms with van der Waals surface area (Å²) in [5, 5.41) is 11.7. The van der Waals surface area contributed by atoms with Gasteiger partial charge in [-0.3, -0.25) is 0 Å². The Morgan fingerprint density at radius 2 is 2.12 bits per heavy atom. The topological polar surface area (TPSA) is 71.1 Å². The van der Waals surface area contributed by atoms with Crippen molar-refractivity contribution in [2.75, 3.05) is 33.4 Å². The van der Waals surface area contributed by atoms with Crippen LogP contribution in [0, 0.1) is 5.92 Å². The van der Waals surface area contributed by atoms with E-state index in [-0.39, 0.29) is 5.92 Å². The molecule has 1 fully saturated rings.